The highest BCUT2D eigenvalue weighted by atomic mass is 35.5. The molecular weight excluding hydrogens is 347 g/mol. The van der Waals surface area contributed by atoms with Gasteiger partial charge in [-0.15, -0.1) is 6.58 Å². The maximum Gasteiger partial charge on any atom is 0.165 e. The predicted molar refractivity (Wildman–Crippen MR) is 98.2 cm³/mol. The molecule has 128 valence electrons. The zero-order chi connectivity index (χ0) is 17.5. The van der Waals surface area contributed by atoms with Crippen molar-refractivity contribution in [2.24, 2.45) is 0 Å². The molecule has 0 atom stereocenters. The van der Waals surface area contributed by atoms with E-state index in [0.717, 1.165) is 16.7 Å². The first-order valence-electron chi connectivity index (χ1n) is 7.66. The molecule has 0 bridgehead atoms. The molecule has 0 fully saturated rings. The van der Waals surface area contributed by atoms with E-state index in [9.17, 15) is 5.11 Å². The van der Waals surface area contributed by atoms with Crippen LogP contribution in [0.4, 0.5) is 0 Å². The number of rotatable bonds is 8. The Bertz CT molecular complexity index is 714. The number of ether oxygens (including phenoxy) is 2. The van der Waals surface area contributed by atoms with Crippen molar-refractivity contribution in [2.75, 3.05) is 6.61 Å². The molecule has 0 aliphatic rings. The van der Waals surface area contributed by atoms with Crippen molar-refractivity contribution in [3.63, 3.8) is 0 Å². The molecule has 0 saturated carbocycles. The molecule has 2 aromatic carbocycles. The van der Waals surface area contributed by atoms with Gasteiger partial charge in [0.25, 0.3) is 0 Å². The minimum Gasteiger partial charge on any atom is -0.490 e. The number of halogens is 2. The number of hydrogen-bond donors (Lipinski definition) is 1. The van der Waals surface area contributed by atoms with E-state index < -0.39 is 0 Å². The lowest BCUT2D eigenvalue weighted by Gasteiger charge is -2.17. The summed E-state index contributed by atoms with van der Waals surface area (Å²) in [5.41, 5.74) is 2.60. The van der Waals surface area contributed by atoms with Crippen LogP contribution in [0.3, 0.4) is 0 Å². The molecule has 1 N–H and O–H groups in total. The summed E-state index contributed by atoms with van der Waals surface area (Å²) < 4.78 is 11.7. The van der Waals surface area contributed by atoms with E-state index in [1.54, 1.807) is 24.3 Å². The average molecular weight is 367 g/mol. The van der Waals surface area contributed by atoms with Crippen LogP contribution in [0.1, 0.15) is 23.6 Å². The van der Waals surface area contributed by atoms with Crippen molar-refractivity contribution in [1.82, 2.24) is 0 Å². The molecule has 0 aliphatic carbocycles. The molecule has 0 aromatic heterocycles. The number of aliphatic hydroxyl groups excluding tert-OH is 1. The molecule has 0 spiro atoms. The average Bonchev–Trinajstić information content (AvgIpc) is 2.57. The van der Waals surface area contributed by atoms with E-state index in [1.165, 1.54) is 0 Å². The van der Waals surface area contributed by atoms with Gasteiger partial charge < -0.3 is 14.6 Å². The molecule has 2 aromatic rings. The Morgan fingerprint density at radius 2 is 1.88 bits per heavy atom. The lowest BCUT2D eigenvalue weighted by molar-refractivity contribution is 0.261. The SMILES string of the molecule is C=CCc1cc(CO)cc(OCC)c1OCc1ccc(Cl)c(Cl)c1. The third kappa shape index (κ3) is 4.67. The highest BCUT2D eigenvalue weighted by Gasteiger charge is 2.13. The molecule has 24 heavy (non-hydrogen) atoms. The number of allylic oxidation sites excluding steroid dienone is 1. The highest BCUT2D eigenvalue weighted by Crippen LogP contribution is 2.35. The van der Waals surface area contributed by atoms with Crippen LogP contribution in [0.25, 0.3) is 0 Å². The third-order valence-electron chi connectivity index (χ3n) is 3.41. The lowest BCUT2D eigenvalue weighted by atomic mass is 10.1. The van der Waals surface area contributed by atoms with Gasteiger partial charge in [0.1, 0.15) is 6.61 Å². The van der Waals surface area contributed by atoms with Crippen molar-refractivity contribution in [2.45, 2.75) is 26.6 Å². The Hall–Kier alpha value is -1.68. The first-order valence-corrected chi connectivity index (χ1v) is 8.41. The summed E-state index contributed by atoms with van der Waals surface area (Å²) >= 11 is 12.0. The van der Waals surface area contributed by atoms with Crippen molar-refractivity contribution >= 4 is 23.2 Å². The third-order valence-corrected chi connectivity index (χ3v) is 4.14. The van der Waals surface area contributed by atoms with Crippen LogP contribution >= 0.6 is 23.2 Å². The Morgan fingerprint density at radius 3 is 2.50 bits per heavy atom. The maximum absolute atomic E-state index is 9.43. The minimum absolute atomic E-state index is 0.0582. The molecule has 0 unspecified atom stereocenters. The van der Waals surface area contributed by atoms with E-state index >= 15 is 0 Å². The summed E-state index contributed by atoms with van der Waals surface area (Å²) in [6.07, 6.45) is 2.41. The minimum atomic E-state index is -0.0582. The van der Waals surface area contributed by atoms with Gasteiger partial charge in [-0.05, 0) is 48.7 Å². The van der Waals surface area contributed by atoms with Crippen LogP contribution in [0.2, 0.25) is 10.0 Å². The summed E-state index contributed by atoms with van der Waals surface area (Å²) in [4.78, 5) is 0. The number of hydrogen-bond acceptors (Lipinski definition) is 3. The molecule has 0 heterocycles. The topological polar surface area (TPSA) is 38.7 Å². The van der Waals surface area contributed by atoms with Gasteiger partial charge in [-0.25, -0.2) is 0 Å². The van der Waals surface area contributed by atoms with Gasteiger partial charge in [0, 0.05) is 5.56 Å². The molecule has 5 heteroatoms. The second-order valence-electron chi connectivity index (χ2n) is 5.20. The van der Waals surface area contributed by atoms with Crippen LogP contribution in [0.15, 0.2) is 43.0 Å². The van der Waals surface area contributed by atoms with E-state index in [4.69, 9.17) is 32.7 Å². The van der Waals surface area contributed by atoms with Gasteiger partial charge >= 0.3 is 0 Å². The number of benzene rings is 2. The lowest BCUT2D eigenvalue weighted by Crippen LogP contribution is -2.04. The summed E-state index contributed by atoms with van der Waals surface area (Å²) in [5, 5.41) is 10.4. The van der Waals surface area contributed by atoms with E-state index in [1.807, 2.05) is 19.1 Å². The van der Waals surface area contributed by atoms with Crippen LogP contribution < -0.4 is 9.47 Å². The standard InChI is InChI=1S/C19H20Cl2O3/c1-3-5-15-8-14(11-22)10-18(23-4-2)19(15)24-12-13-6-7-16(20)17(21)9-13/h3,6-10,22H,1,4-5,11-12H2,2H3. The maximum atomic E-state index is 9.43. The molecule has 0 aliphatic heterocycles. The molecular formula is C19H20Cl2O3. The second kappa shape index (κ2) is 8.97. The van der Waals surface area contributed by atoms with Gasteiger partial charge in [-0.1, -0.05) is 35.3 Å². The van der Waals surface area contributed by atoms with Crippen LogP contribution in [0.5, 0.6) is 11.5 Å². The zero-order valence-corrected chi connectivity index (χ0v) is 15.0. The first-order chi connectivity index (χ1) is 11.6. The Morgan fingerprint density at radius 1 is 1.08 bits per heavy atom. The van der Waals surface area contributed by atoms with Crippen molar-refractivity contribution < 1.29 is 14.6 Å². The van der Waals surface area contributed by atoms with Crippen LogP contribution in [-0.2, 0) is 19.6 Å². The first kappa shape index (κ1) is 18.7. The smallest absolute Gasteiger partial charge is 0.165 e. The van der Waals surface area contributed by atoms with Crippen LogP contribution in [0, 0.1) is 0 Å². The fourth-order valence-corrected chi connectivity index (χ4v) is 2.65. The van der Waals surface area contributed by atoms with Gasteiger partial charge in [0.15, 0.2) is 11.5 Å². The summed E-state index contributed by atoms with van der Waals surface area (Å²) in [7, 11) is 0. The molecule has 2 rings (SSSR count). The quantitative estimate of drug-likeness (QED) is 0.653. The summed E-state index contributed by atoms with van der Waals surface area (Å²) in [6.45, 7) is 6.46. The zero-order valence-electron chi connectivity index (χ0n) is 13.5. The Labute approximate surface area is 152 Å². The largest absolute Gasteiger partial charge is 0.490 e. The van der Waals surface area contributed by atoms with Gasteiger partial charge in [0.05, 0.1) is 23.3 Å². The Balaban J connectivity index is 2.31. The van der Waals surface area contributed by atoms with Gasteiger partial charge in [0.2, 0.25) is 0 Å². The molecule has 0 saturated heterocycles. The summed E-state index contributed by atoms with van der Waals surface area (Å²) in [5.74, 6) is 1.26. The van der Waals surface area contributed by atoms with Gasteiger partial charge in [-0.3, -0.25) is 0 Å². The fourth-order valence-electron chi connectivity index (χ4n) is 2.33. The van der Waals surface area contributed by atoms with Crippen LogP contribution in [-0.4, -0.2) is 11.7 Å². The Kier molecular flexibility index (Phi) is 6.98. The van der Waals surface area contributed by atoms with E-state index in [-0.39, 0.29) is 6.61 Å². The molecule has 3 nitrogen and oxygen atoms in total. The normalized spacial score (nSPS) is 10.5. The second-order valence-corrected chi connectivity index (χ2v) is 6.02. The van der Waals surface area contributed by atoms with Crippen molar-refractivity contribution in [1.29, 1.82) is 0 Å². The predicted octanol–water partition coefficient (Wildman–Crippen LogP) is 5.19. The molecule has 0 amide bonds. The van der Waals surface area contributed by atoms with E-state index in [2.05, 4.69) is 6.58 Å². The van der Waals surface area contributed by atoms with Gasteiger partial charge in [-0.2, -0.15) is 0 Å². The monoisotopic (exact) mass is 366 g/mol. The van der Waals surface area contributed by atoms with Crippen molar-refractivity contribution in [3.05, 3.63) is 69.7 Å². The molecule has 0 radical (unpaired) electrons. The van der Waals surface area contributed by atoms with Crippen molar-refractivity contribution in [3.8, 4) is 11.5 Å². The summed E-state index contributed by atoms with van der Waals surface area (Å²) in [6, 6.07) is 9.07. The fraction of sp³-hybridized carbons (Fsp3) is 0.263. The highest BCUT2D eigenvalue weighted by molar-refractivity contribution is 6.42. The number of aliphatic hydroxyl groups is 1. The van der Waals surface area contributed by atoms with E-state index in [0.29, 0.717) is 41.2 Å².